The molecule has 0 aromatic heterocycles. The largest absolute Gasteiger partial charge is 0.505 e. The molecule has 0 aliphatic rings. The van der Waals surface area contributed by atoms with Gasteiger partial charge in [0.2, 0.25) is 0 Å². The van der Waals surface area contributed by atoms with Crippen LogP contribution in [0.4, 0.5) is 0 Å². The second kappa shape index (κ2) is 5.27. The predicted molar refractivity (Wildman–Crippen MR) is 54.1 cm³/mol. The molecule has 0 radical (unpaired) electrons. The fourth-order valence-corrected chi connectivity index (χ4v) is 1.89. The molecular weight excluding hydrogens is 348 g/mol. The molecule has 0 saturated heterocycles. The Morgan fingerprint density at radius 3 is 1.91 bits per heavy atom. The number of aliphatic hydroxyl groups excluding tert-OH is 2. The van der Waals surface area contributed by atoms with Gasteiger partial charge in [0.25, 0.3) is 0 Å². The second-order valence-electron chi connectivity index (χ2n) is 1.78. The van der Waals surface area contributed by atoms with Gasteiger partial charge in [-0.3, -0.25) is 0 Å². The maximum absolute atomic E-state index is 8.98. The molecule has 0 spiro atoms. The van der Waals surface area contributed by atoms with Crippen LogP contribution in [0.25, 0.3) is 0 Å². The highest BCUT2D eigenvalue weighted by molar-refractivity contribution is 9.13. The van der Waals surface area contributed by atoms with E-state index in [4.69, 9.17) is 15.3 Å². The molecule has 0 aliphatic heterocycles. The number of rotatable bonds is 3. The molecule has 2 unspecified atom stereocenters. The number of halogens is 3. The molecule has 0 rings (SSSR count). The van der Waals surface area contributed by atoms with E-state index in [1.165, 1.54) is 0 Å². The summed E-state index contributed by atoms with van der Waals surface area (Å²) in [4.78, 5) is -0.608. The van der Waals surface area contributed by atoms with Crippen molar-refractivity contribution in [2.75, 3.05) is 5.33 Å². The van der Waals surface area contributed by atoms with Crippen molar-refractivity contribution in [1.82, 2.24) is 0 Å². The Bertz CT molecular complexity index is 155. The van der Waals surface area contributed by atoms with Crippen LogP contribution in [0, 0.1) is 0 Å². The smallest absolute Gasteiger partial charge is 0.314 e. The van der Waals surface area contributed by atoms with Gasteiger partial charge in [-0.2, -0.15) is 0 Å². The molecule has 0 aromatic rings. The first-order chi connectivity index (χ1) is 5.00. The van der Waals surface area contributed by atoms with Crippen molar-refractivity contribution < 1.29 is 15.3 Å². The maximum Gasteiger partial charge on any atom is 0.314 e. The maximum atomic E-state index is 8.98. The van der Waals surface area contributed by atoms with Crippen LogP contribution in [-0.2, 0) is 0 Å². The van der Waals surface area contributed by atoms with E-state index in [1.54, 1.807) is 0 Å². The van der Waals surface area contributed by atoms with E-state index in [1.807, 2.05) is 0 Å². The summed E-state index contributed by atoms with van der Waals surface area (Å²) >= 11 is 9.42. The first-order valence-corrected chi connectivity index (χ1v) is 5.61. The van der Waals surface area contributed by atoms with Crippen LogP contribution in [0.15, 0.2) is 11.7 Å². The lowest BCUT2D eigenvalue weighted by Gasteiger charge is -2.12. The fraction of sp³-hybridized carbons (Fsp3) is 0.600. The summed E-state index contributed by atoms with van der Waals surface area (Å²) in [5.41, 5.74) is 0. The summed E-state index contributed by atoms with van der Waals surface area (Å²) in [6, 6.07) is 0. The minimum Gasteiger partial charge on any atom is -0.505 e. The number of alkyl halides is 3. The van der Waals surface area contributed by atoms with E-state index < -0.39 is 16.5 Å². The second-order valence-corrected chi connectivity index (χ2v) is 4.59. The first kappa shape index (κ1) is 11.6. The standard InChI is InChI=1S/C5H7Br3O3/c6-1-2(7)3(8)4(9)5(10)11/h2-3,9-11H,1H2. The summed E-state index contributed by atoms with van der Waals surface area (Å²) in [7, 11) is 0. The van der Waals surface area contributed by atoms with E-state index in [0.29, 0.717) is 5.33 Å². The lowest BCUT2D eigenvalue weighted by molar-refractivity contribution is 0.156. The zero-order chi connectivity index (χ0) is 9.02. The van der Waals surface area contributed by atoms with Gasteiger partial charge in [-0.15, -0.1) is 0 Å². The molecule has 6 heteroatoms. The number of aliphatic hydroxyl groups is 3. The highest BCUT2D eigenvalue weighted by atomic mass is 79.9. The molecule has 0 amide bonds. The van der Waals surface area contributed by atoms with Crippen LogP contribution in [0.5, 0.6) is 0 Å². The monoisotopic (exact) mass is 352 g/mol. The van der Waals surface area contributed by atoms with Crippen molar-refractivity contribution in [3.05, 3.63) is 11.7 Å². The number of allylic oxidation sites excluding steroid dienone is 1. The Hall–Kier alpha value is 0.580. The highest BCUT2D eigenvalue weighted by Crippen LogP contribution is 2.22. The van der Waals surface area contributed by atoms with Crippen molar-refractivity contribution in [2.45, 2.75) is 9.65 Å². The molecule has 66 valence electrons. The minimum absolute atomic E-state index is 0.100. The number of hydrogen-bond donors (Lipinski definition) is 3. The molecule has 0 bridgehead atoms. The summed E-state index contributed by atoms with van der Waals surface area (Å²) in [5, 5.41) is 26.5. The van der Waals surface area contributed by atoms with Gasteiger partial charge in [0.05, 0.1) is 4.83 Å². The Morgan fingerprint density at radius 1 is 1.18 bits per heavy atom. The third-order valence-electron chi connectivity index (χ3n) is 0.955. The molecule has 3 nitrogen and oxygen atoms in total. The van der Waals surface area contributed by atoms with Crippen molar-refractivity contribution in [1.29, 1.82) is 0 Å². The quantitative estimate of drug-likeness (QED) is 0.539. The normalized spacial score (nSPS) is 15.5. The van der Waals surface area contributed by atoms with Crippen LogP contribution in [-0.4, -0.2) is 30.3 Å². The third-order valence-corrected chi connectivity index (χ3v) is 5.16. The molecule has 0 aliphatic carbocycles. The van der Waals surface area contributed by atoms with Crippen LogP contribution in [0.2, 0.25) is 0 Å². The van der Waals surface area contributed by atoms with Gasteiger partial charge < -0.3 is 15.3 Å². The molecule has 2 atom stereocenters. The van der Waals surface area contributed by atoms with E-state index in [0.717, 1.165) is 0 Å². The lowest BCUT2D eigenvalue weighted by Crippen LogP contribution is -2.19. The summed E-state index contributed by atoms with van der Waals surface area (Å²) in [5.74, 6) is -1.54. The van der Waals surface area contributed by atoms with Crippen LogP contribution >= 0.6 is 47.8 Å². The first-order valence-electron chi connectivity index (χ1n) is 2.65. The van der Waals surface area contributed by atoms with E-state index in [9.17, 15) is 0 Å². The zero-order valence-electron chi connectivity index (χ0n) is 5.34. The van der Waals surface area contributed by atoms with Crippen molar-refractivity contribution in [3.63, 3.8) is 0 Å². The summed E-state index contributed by atoms with van der Waals surface area (Å²) < 4.78 is 0. The Kier molecular flexibility index (Phi) is 5.54. The summed E-state index contributed by atoms with van der Waals surface area (Å²) in [6.45, 7) is 0. The molecule has 11 heavy (non-hydrogen) atoms. The van der Waals surface area contributed by atoms with Crippen LogP contribution in [0.1, 0.15) is 0 Å². The van der Waals surface area contributed by atoms with Gasteiger partial charge in [-0.05, 0) is 0 Å². The minimum atomic E-state index is -1.06. The van der Waals surface area contributed by atoms with Crippen molar-refractivity contribution in [2.24, 2.45) is 0 Å². The SMILES string of the molecule is OC(O)=C(O)C(Br)C(Br)CBr. The van der Waals surface area contributed by atoms with Gasteiger partial charge in [0.1, 0.15) is 0 Å². The van der Waals surface area contributed by atoms with Gasteiger partial charge in [-0.1, -0.05) is 47.8 Å². The molecule has 3 N–H and O–H groups in total. The third kappa shape index (κ3) is 3.66. The fourth-order valence-electron chi connectivity index (χ4n) is 0.373. The number of hydrogen-bond acceptors (Lipinski definition) is 3. The van der Waals surface area contributed by atoms with Gasteiger partial charge in [0.15, 0.2) is 5.76 Å². The Labute approximate surface area is 89.5 Å². The average Bonchev–Trinajstić information content (AvgIpc) is 2.00. The lowest BCUT2D eigenvalue weighted by atomic mass is 10.3. The molecule has 0 fully saturated rings. The predicted octanol–water partition coefficient (Wildman–Crippen LogP) is 2.75. The summed E-state index contributed by atoms with van der Waals surface area (Å²) in [6.07, 6.45) is 0. The van der Waals surface area contributed by atoms with E-state index in [2.05, 4.69) is 47.8 Å². The van der Waals surface area contributed by atoms with E-state index >= 15 is 0 Å². The highest BCUT2D eigenvalue weighted by Gasteiger charge is 2.22. The molecular formula is C5H7Br3O3. The molecule has 0 aromatic carbocycles. The Balaban J connectivity index is 4.24. The van der Waals surface area contributed by atoms with Crippen LogP contribution < -0.4 is 0 Å². The molecule has 0 heterocycles. The van der Waals surface area contributed by atoms with Gasteiger partial charge >= 0.3 is 5.95 Å². The van der Waals surface area contributed by atoms with E-state index in [-0.39, 0.29) is 4.83 Å². The Morgan fingerprint density at radius 2 is 1.64 bits per heavy atom. The average molecular weight is 355 g/mol. The zero-order valence-corrected chi connectivity index (χ0v) is 10.1. The molecule has 0 saturated carbocycles. The van der Waals surface area contributed by atoms with Gasteiger partial charge in [-0.25, -0.2) is 0 Å². The van der Waals surface area contributed by atoms with Crippen molar-refractivity contribution in [3.8, 4) is 0 Å². The van der Waals surface area contributed by atoms with Crippen molar-refractivity contribution >= 4 is 47.8 Å². The topological polar surface area (TPSA) is 60.7 Å². The van der Waals surface area contributed by atoms with Crippen LogP contribution in [0.3, 0.4) is 0 Å². The van der Waals surface area contributed by atoms with Gasteiger partial charge in [0, 0.05) is 10.2 Å².